The van der Waals surface area contributed by atoms with Crippen LogP contribution >= 0.6 is 0 Å². The summed E-state index contributed by atoms with van der Waals surface area (Å²) in [4.78, 5) is 26.8. The second-order valence-corrected chi connectivity index (χ2v) is 4.27. The van der Waals surface area contributed by atoms with E-state index in [0.29, 0.717) is 11.3 Å². The second-order valence-electron chi connectivity index (χ2n) is 4.27. The van der Waals surface area contributed by atoms with Gasteiger partial charge in [-0.2, -0.15) is 0 Å². The molecule has 1 aromatic heterocycles. The van der Waals surface area contributed by atoms with Gasteiger partial charge in [0, 0.05) is 18.3 Å². The highest BCUT2D eigenvalue weighted by molar-refractivity contribution is 5.96. The molecule has 4 N–H and O–H groups in total. The standard InChI is InChI=1S/C12H17N3O3/c1-7(2)10(12(17)18)15-11(16)8-3-4-14-9(5-8)6-13/h3-5,7,10H,6,13H2,1-2H3,(H,15,16)(H,17,18)/t10-/m1/s1. The molecular formula is C12H17N3O3. The molecule has 98 valence electrons. The van der Waals surface area contributed by atoms with E-state index in [1.54, 1.807) is 19.9 Å². The summed E-state index contributed by atoms with van der Waals surface area (Å²) in [6.07, 6.45) is 1.47. The van der Waals surface area contributed by atoms with Crippen LogP contribution in [0.15, 0.2) is 18.3 Å². The normalized spacial score (nSPS) is 12.2. The van der Waals surface area contributed by atoms with E-state index >= 15 is 0 Å². The van der Waals surface area contributed by atoms with Gasteiger partial charge >= 0.3 is 5.97 Å². The van der Waals surface area contributed by atoms with Crippen molar-refractivity contribution in [1.29, 1.82) is 0 Å². The molecule has 0 radical (unpaired) electrons. The van der Waals surface area contributed by atoms with E-state index < -0.39 is 17.9 Å². The van der Waals surface area contributed by atoms with Gasteiger partial charge in [-0.25, -0.2) is 4.79 Å². The van der Waals surface area contributed by atoms with Crippen molar-refractivity contribution < 1.29 is 14.7 Å². The molecule has 0 aliphatic carbocycles. The first kappa shape index (κ1) is 14.1. The van der Waals surface area contributed by atoms with Crippen LogP contribution in [0.1, 0.15) is 29.9 Å². The molecule has 0 fully saturated rings. The number of nitrogens with zero attached hydrogens (tertiary/aromatic N) is 1. The first-order valence-electron chi connectivity index (χ1n) is 5.64. The zero-order chi connectivity index (χ0) is 13.7. The van der Waals surface area contributed by atoms with Crippen molar-refractivity contribution in [2.45, 2.75) is 26.4 Å². The fraction of sp³-hybridized carbons (Fsp3) is 0.417. The Kier molecular flexibility index (Phi) is 4.79. The van der Waals surface area contributed by atoms with E-state index in [1.165, 1.54) is 12.3 Å². The summed E-state index contributed by atoms with van der Waals surface area (Å²) in [5.41, 5.74) is 6.37. The van der Waals surface area contributed by atoms with Gasteiger partial charge in [-0.1, -0.05) is 13.8 Å². The first-order valence-corrected chi connectivity index (χ1v) is 5.64. The molecule has 0 unspecified atom stereocenters. The molecule has 18 heavy (non-hydrogen) atoms. The Morgan fingerprint density at radius 1 is 1.50 bits per heavy atom. The SMILES string of the molecule is CC(C)[C@@H](NC(=O)c1ccnc(CN)c1)C(=O)O. The lowest BCUT2D eigenvalue weighted by atomic mass is 10.0. The van der Waals surface area contributed by atoms with E-state index in [9.17, 15) is 9.59 Å². The summed E-state index contributed by atoms with van der Waals surface area (Å²) in [6.45, 7) is 3.70. The van der Waals surface area contributed by atoms with Crippen LogP contribution in [0.25, 0.3) is 0 Å². The highest BCUT2D eigenvalue weighted by atomic mass is 16.4. The predicted molar refractivity (Wildman–Crippen MR) is 65.9 cm³/mol. The third-order valence-electron chi connectivity index (χ3n) is 2.51. The van der Waals surface area contributed by atoms with E-state index in [-0.39, 0.29) is 12.5 Å². The van der Waals surface area contributed by atoms with Gasteiger partial charge in [-0.15, -0.1) is 0 Å². The van der Waals surface area contributed by atoms with Crippen molar-refractivity contribution in [2.24, 2.45) is 11.7 Å². The summed E-state index contributed by atoms with van der Waals surface area (Å²) in [7, 11) is 0. The molecule has 0 spiro atoms. The lowest BCUT2D eigenvalue weighted by molar-refractivity contribution is -0.140. The van der Waals surface area contributed by atoms with Crippen LogP contribution in [0.4, 0.5) is 0 Å². The number of rotatable bonds is 5. The van der Waals surface area contributed by atoms with Crippen LogP contribution in [0, 0.1) is 5.92 Å². The maximum absolute atomic E-state index is 11.9. The topological polar surface area (TPSA) is 105 Å². The van der Waals surface area contributed by atoms with Crippen molar-refractivity contribution in [3.8, 4) is 0 Å². The fourth-order valence-electron chi connectivity index (χ4n) is 1.47. The van der Waals surface area contributed by atoms with Crippen molar-refractivity contribution in [2.75, 3.05) is 0 Å². The first-order chi connectivity index (χ1) is 8.45. The Morgan fingerprint density at radius 3 is 2.67 bits per heavy atom. The average Bonchev–Trinajstić information content (AvgIpc) is 2.34. The van der Waals surface area contributed by atoms with Gasteiger partial charge in [0.05, 0.1) is 5.69 Å². The van der Waals surface area contributed by atoms with Crippen molar-refractivity contribution in [1.82, 2.24) is 10.3 Å². The minimum atomic E-state index is -1.05. The van der Waals surface area contributed by atoms with Gasteiger partial charge in [-0.3, -0.25) is 9.78 Å². The maximum Gasteiger partial charge on any atom is 0.326 e. The molecule has 1 amide bonds. The molecular weight excluding hydrogens is 234 g/mol. The summed E-state index contributed by atoms with van der Waals surface area (Å²) < 4.78 is 0. The number of pyridine rings is 1. The number of carbonyl (C=O) groups excluding carboxylic acids is 1. The Morgan fingerprint density at radius 2 is 2.17 bits per heavy atom. The summed E-state index contributed by atoms with van der Waals surface area (Å²) in [6, 6.07) is 2.16. The molecule has 6 nitrogen and oxygen atoms in total. The minimum absolute atomic E-state index is 0.192. The van der Waals surface area contributed by atoms with Crippen molar-refractivity contribution >= 4 is 11.9 Å². The number of carboxylic acids is 1. The zero-order valence-electron chi connectivity index (χ0n) is 10.4. The van der Waals surface area contributed by atoms with Gasteiger partial charge in [0.25, 0.3) is 5.91 Å². The summed E-state index contributed by atoms with van der Waals surface area (Å²) in [5.74, 6) is -1.68. The van der Waals surface area contributed by atoms with Gasteiger partial charge in [-0.05, 0) is 18.1 Å². The predicted octanol–water partition coefficient (Wildman–Crippen LogP) is 0.379. The molecule has 0 aromatic carbocycles. The number of nitrogens with one attached hydrogen (secondary N) is 1. The van der Waals surface area contributed by atoms with Crippen LogP contribution in [0.5, 0.6) is 0 Å². The third kappa shape index (κ3) is 3.53. The number of amides is 1. The lowest BCUT2D eigenvalue weighted by Gasteiger charge is -2.17. The number of hydrogen-bond donors (Lipinski definition) is 3. The number of carboxylic acid groups (broad SMARTS) is 1. The minimum Gasteiger partial charge on any atom is -0.480 e. The molecule has 1 aromatic rings. The number of nitrogens with two attached hydrogens (primary N) is 1. The molecule has 6 heteroatoms. The lowest BCUT2D eigenvalue weighted by Crippen LogP contribution is -2.44. The van der Waals surface area contributed by atoms with Gasteiger partial charge < -0.3 is 16.2 Å². The molecule has 0 bridgehead atoms. The molecule has 0 saturated heterocycles. The summed E-state index contributed by atoms with van der Waals surface area (Å²) >= 11 is 0. The third-order valence-corrected chi connectivity index (χ3v) is 2.51. The summed E-state index contributed by atoms with van der Waals surface area (Å²) in [5, 5.41) is 11.5. The van der Waals surface area contributed by atoms with Crippen molar-refractivity contribution in [3.63, 3.8) is 0 Å². The van der Waals surface area contributed by atoms with E-state index in [1.807, 2.05) is 0 Å². The number of hydrogen-bond acceptors (Lipinski definition) is 4. The zero-order valence-corrected chi connectivity index (χ0v) is 10.4. The number of aromatic nitrogens is 1. The maximum atomic E-state index is 11.9. The molecule has 1 atom stereocenters. The van der Waals surface area contributed by atoms with Crippen LogP contribution < -0.4 is 11.1 Å². The van der Waals surface area contributed by atoms with Crippen molar-refractivity contribution in [3.05, 3.63) is 29.6 Å². The van der Waals surface area contributed by atoms with Crippen LogP contribution in [0.3, 0.4) is 0 Å². The van der Waals surface area contributed by atoms with E-state index in [4.69, 9.17) is 10.8 Å². The Labute approximate surface area is 105 Å². The Balaban J connectivity index is 2.83. The molecule has 0 aliphatic heterocycles. The fourth-order valence-corrected chi connectivity index (χ4v) is 1.47. The van der Waals surface area contributed by atoms with Gasteiger partial charge in [0.1, 0.15) is 6.04 Å². The smallest absolute Gasteiger partial charge is 0.326 e. The monoisotopic (exact) mass is 251 g/mol. The molecule has 0 aliphatic rings. The van der Waals surface area contributed by atoms with Crippen LogP contribution in [0.2, 0.25) is 0 Å². The Bertz CT molecular complexity index is 446. The highest BCUT2D eigenvalue weighted by Crippen LogP contribution is 2.06. The van der Waals surface area contributed by atoms with E-state index in [0.717, 1.165) is 0 Å². The quantitative estimate of drug-likeness (QED) is 0.701. The van der Waals surface area contributed by atoms with Gasteiger partial charge in [0.2, 0.25) is 0 Å². The van der Waals surface area contributed by atoms with E-state index in [2.05, 4.69) is 10.3 Å². The second kappa shape index (κ2) is 6.11. The number of carbonyl (C=O) groups is 2. The molecule has 1 rings (SSSR count). The molecule has 1 heterocycles. The molecule has 0 saturated carbocycles. The number of aliphatic carboxylic acids is 1. The van der Waals surface area contributed by atoms with Crippen LogP contribution in [-0.2, 0) is 11.3 Å². The van der Waals surface area contributed by atoms with Gasteiger partial charge in [0.15, 0.2) is 0 Å². The Hall–Kier alpha value is -1.95. The van der Waals surface area contributed by atoms with Crippen LogP contribution in [-0.4, -0.2) is 28.0 Å². The largest absolute Gasteiger partial charge is 0.480 e. The highest BCUT2D eigenvalue weighted by Gasteiger charge is 2.23. The average molecular weight is 251 g/mol.